The number of hydrogen-bond donors (Lipinski definition) is 2. The Morgan fingerprint density at radius 2 is 1.37 bits per heavy atom. The van der Waals surface area contributed by atoms with Crippen LogP contribution < -0.4 is 15.1 Å². The molecular weight excluding hydrogens is 620 g/mol. The van der Waals surface area contributed by atoms with E-state index in [2.05, 4.69) is 27.2 Å². The van der Waals surface area contributed by atoms with Gasteiger partial charge in [-0.1, -0.05) is 66.7 Å². The van der Waals surface area contributed by atoms with Crippen LogP contribution in [0.5, 0.6) is 0 Å². The zero-order chi connectivity index (χ0) is 33.5. The molecule has 4 aromatic rings. The third kappa shape index (κ3) is 5.70. The zero-order valence-corrected chi connectivity index (χ0v) is 27.0. The van der Waals surface area contributed by atoms with Crippen molar-refractivity contribution in [2.24, 2.45) is 0 Å². The molecule has 3 saturated heterocycles. The molecule has 0 bridgehead atoms. The van der Waals surface area contributed by atoms with E-state index in [1.54, 1.807) is 36.4 Å². The minimum atomic E-state index is -0.678. The van der Waals surface area contributed by atoms with Gasteiger partial charge in [-0.2, -0.15) is 0 Å². The largest absolute Gasteiger partial charge is 0.392 e. The highest BCUT2D eigenvalue weighted by Gasteiger charge is 2.50. The number of carbonyl (C=O) groups excluding carboxylic acids is 3. The second-order valence-corrected chi connectivity index (χ2v) is 13.2. The van der Waals surface area contributed by atoms with Crippen molar-refractivity contribution < 1.29 is 29.0 Å². The number of rotatable bonds is 7. The van der Waals surface area contributed by atoms with Gasteiger partial charge in [0, 0.05) is 37.3 Å². The van der Waals surface area contributed by atoms with Crippen molar-refractivity contribution in [3.05, 3.63) is 131 Å². The lowest BCUT2D eigenvalue weighted by Gasteiger charge is -2.45. The number of nitrogens with zero attached hydrogens (tertiary/aromatic N) is 3. The predicted molar refractivity (Wildman–Crippen MR) is 183 cm³/mol. The topological polar surface area (TPSA) is 112 Å². The first kappa shape index (κ1) is 31.4. The van der Waals surface area contributed by atoms with Crippen molar-refractivity contribution in [1.82, 2.24) is 10.2 Å². The average Bonchev–Trinajstić information content (AvgIpc) is 3.60. The van der Waals surface area contributed by atoms with E-state index in [4.69, 9.17) is 9.47 Å². The van der Waals surface area contributed by atoms with Gasteiger partial charge in [-0.25, -0.2) is 4.90 Å². The molecule has 2 N–H and O–H groups in total. The van der Waals surface area contributed by atoms with Crippen LogP contribution in [-0.2, 0) is 20.9 Å². The fourth-order valence-electron chi connectivity index (χ4n) is 7.66. The van der Waals surface area contributed by atoms with Crippen molar-refractivity contribution >= 4 is 29.1 Å². The minimum Gasteiger partial charge on any atom is -0.392 e. The van der Waals surface area contributed by atoms with Crippen LogP contribution in [0.1, 0.15) is 69.1 Å². The monoisotopic (exact) mass is 658 g/mol. The van der Waals surface area contributed by atoms with Crippen LogP contribution in [0.25, 0.3) is 0 Å². The molecule has 0 aliphatic carbocycles. The molecule has 3 atom stereocenters. The van der Waals surface area contributed by atoms with E-state index in [9.17, 15) is 19.5 Å². The highest BCUT2D eigenvalue weighted by Crippen LogP contribution is 2.41. The number of nitrogens with one attached hydrogen (secondary N) is 1. The summed E-state index contributed by atoms with van der Waals surface area (Å²) in [5.74, 6) is -0.583. The first-order valence-corrected chi connectivity index (χ1v) is 16.9. The minimum absolute atomic E-state index is 0.0320. The second kappa shape index (κ2) is 12.9. The summed E-state index contributed by atoms with van der Waals surface area (Å²) >= 11 is 0. The van der Waals surface area contributed by atoms with Gasteiger partial charge in [-0.05, 0) is 60.4 Å². The summed E-state index contributed by atoms with van der Waals surface area (Å²) in [4.78, 5) is 45.2. The van der Waals surface area contributed by atoms with Crippen LogP contribution in [0.2, 0.25) is 0 Å². The Kier molecular flexibility index (Phi) is 8.25. The first-order chi connectivity index (χ1) is 23.9. The Bertz CT molecular complexity index is 1820. The summed E-state index contributed by atoms with van der Waals surface area (Å²) in [6.07, 6.45) is 0.979. The Morgan fingerprint density at radius 3 is 2.02 bits per heavy atom. The summed E-state index contributed by atoms with van der Waals surface area (Å²) in [6.45, 7) is 2.67. The van der Waals surface area contributed by atoms with Crippen LogP contribution in [0.3, 0.4) is 0 Å². The molecule has 250 valence electrons. The van der Waals surface area contributed by atoms with Crippen molar-refractivity contribution in [2.45, 2.75) is 49.9 Å². The number of para-hydroxylation sites is 1. The molecule has 4 aliphatic rings. The van der Waals surface area contributed by atoms with Gasteiger partial charge in [0.2, 0.25) is 5.91 Å². The lowest BCUT2D eigenvalue weighted by atomic mass is 9.85. The van der Waals surface area contributed by atoms with E-state index in [0.29, 0.717) is 49.3 Å². The van der Waals surface area contributed by atoms with Gasteiger partial charge in [-0.15, -0.1) is 0 Å². The molecule has 3 fully saturated rings. The Labute approximate surface area is 284 Å². The molecule has 4 aromatic carbocycles. The normalized spacial score (nSPS) is 23.6. The lowest BCUT2D eigenvalue weighted by Crippen LogP contribution is -2.57. The smallest absolute Gasteiger partial charge is 0.266 e. The molecule has 0 unspecified atom stereocenters. The Hall–Kier alpha value is -4.87. The molecule has 0 radical (unpaired) electrons. The van der Waals surface area contributed by atoms with E-state index in [0.717, 1.165) is 35.5 Å². The number of likely N-dealkylation sites (tertiary alicyclic amines) is 1. The van der Waals surface area contributed by atoms with E-state index in [-0.39, 0.29) is 36.5 Å². The molecule has 10 nitrogen and oxygen atoms in total. The van der Waals surface area contributed by atoms with Gasteiger partial charge < -0.3 is 29.7 Å². The lowest BCUT2D eigenvalue weighted by molar-refractivity contribution is -0.253. The Morgan fingerprint density at radius 1 is 0.735 bits per heavy atom. The quantitative estimate of drug-likeness (QED) is 0.269. The van der Waals surface area contributed by atoms with Crippen LogP contribution in [0.4, 0.5) is 11.4 Å². The van der Waals surface area contributed by atoms with E-state index in [1.165, 1.54) is 4.90 Å². The molecule has 8 rings (SSSR count). The molecule has 1 spiro atoms. The van der Waals surface area contributed by atoms with Crippen LogP contribution in [0.15, 0.2) is 103 Å². The molecule has 49 heavy (non-hydrogen) atoms. The highest BCUT2D eigenvalue weighted by molar-refractivity contribution is 6.34. The number of imide groups is 1. The van der Waals surface area contributed by atoms with Crippen molar-refractivity contribution in [1.29, 1.82) is 0 Å². The second-order valence-electron chi connectivity index (χ2n) is 13.2. The van der Waals surface area contributed by atoms with Gasteiger partial charge in [0.1, 0.15) is 5.54 Å². The summed E-state index contributed by atoms with van der Waals surface area (Å²) in [5, 5.41) is 12.7. The summed E-state index contributed by atoms with van der Waals surface area (Å²) in [6, 6.07) is 32.0. The fourth-order valence-corrected chi connectivity index (χ4v) is 7.66. The maximum Gasteiger partial charge on any atom is 0.266 e. The molecule has 0 aromatic heterocycles. The third-order valence-corrected chi connectivity index (χ3v) is 10.4. The molecule has 3 amide bonds. The number of amides is 3. The van der Waals surface area contributed by atoms with Gasteiger partial charge >= 0.3 is 0 Å². The number of fused-ring (bicyclic) bond motifs is 1. The fraction of sp³-hybridized carbons (Fsp3) is 0.308. The number of ether oxygens (including phenoxy) is 2. The summed E-state index contributed by atoms with van der Waals surface area (Å²) in [7, 11) is 0. The van der Waals surface area contributed by atoms with Crippen molar-refractivity contribution in [3.63, 3.8) is 0 Å². The van der Waals surface area contributed by atoms with Crippen LogP contribution >= 0.6 is 0 Å². The van der Waals surface area contributed by atoms with Crippen LogP contribution in [-0.4, -0.2) is 65.7 Å². The predicted octanol–water partition coefficient (Wildman–Crippen LogP) is 4.95. The highest BCUT2D eigenvalue weighted by atomic mass is 16.7. The Balaban J connectivity index is 0.996. The van der Waals surface area contributed by atoms with Gasteiger partial charge in [0.05, 0.1) is 42.3 Å². The van der Waals surface area contributed by atoms with Crippen molar-refractivity contribution in [3.8, 4) is 0 Å². The average molecular weight is 659 g/mol. The number of aliphatic hydroxyl groups excluding tert-OH is 1. The maximum absolute atomic E-state index is 13.2. The third-order valence-electron chi connectivity index (χ3n) is 10.4. The number of hydrogen-bond acceptors (Lipinski definition) is 8. The number of carbonyl (C=O) groups is 3. The van der Waals surface area contributed by atoms with Crippen LogP contribution in [0, 0.1) is 0 Å². The number of benzene rings is 4. The first-order valence-electron chi connectivity index (χ1n) is 16.9. The SMILES string of the molecule is O=C1c2ccccc2C(=O)N1c1ccc([C@@H]2O[C@H](CN3CCC4(CC3)C(=O)NCN4c3ccccc3)C[C@H](c3ccc(CO)cc3)O2)cc1. The number of piperidine rings is 1. The zero-order valence-electron chi connectivity index (χ0n) is 27.0. The van der Waals surface area contributed by atoms with Gasteiger partial charge in [0.15, 0.2) is 6.29 Å². The molecule has 0 saturated carbocycles. The standard InChI is InChI=1S/C39H38N4O6/c44-24-26-10-12-27(13-11-26)34-22-31(23-41-20-18-39(19-21-41)38(47)40-25-42(39)29-6-2-1-3-7-29)48-37(49-34)28-14-16-30(17-15-28)43-35(45)32-8-4-5-9-33(32)36(43)46/h1-17,31,34,37,44H,18-25H2,(H,40,47)/t31-,34+,37+/m0/s1. The van der Waals surface area contributed by atoms with E-state index >= 15 is 0 Å². The van der Waals surface area contributed by atoms with Crippen molar-refractivity contribution in [2.75, 3.05) is 36.1 Å². The molecule has 4 aliphatic heterocycles. The number of anilines is 2. The maximum atomic E-state index is 13.2. The molecular formula is C39H38N4O6. The molecule has 4 heterocycles. The summed E-state index contributed by atoms with van der Waals surface area (Å²) < 4.78 is 13.2. The van der Waals surface area contributed by atoms with Gasteiger partial charge in [0.25, 0.3) is 11.8 Å². The summed E-state index contributed by atoms with van der Waals surface area (Å²) in [5.41, 5.74) is 4.38. The van der Waals surface area contributed by atoms with E-state index in [1.807, 2.05) is 54.6 Å². The van der Waals surface area contributed by atoms with E-state index < -0.39 is 11.8 Å². The molecule has 10 heteroatoms. The number of aliphatic hydroxyl groups is 1. The van der Waals surface area contributed by atoms with Gasteiger partial charge in [-0.3, -0.25) is 14.4 Å².